The molecular weight excluding hydrogens is 344 g/mol. The fourth-order valence-corrected chi connectivity index (χ4v) is 3.71. The topological polar surface area (TPSA) is 84.6 Å². The Morgan fingerprint density at radius 2 is 2.12 bits per heavy atom. The van der Waals surface area contributed by atoms with Crippen LogP contribution in [0.25, 0.3) is 5.65 Å². The van der Waals surface area contributed by atoms with Gasteiger partial charge in [-0.15, -0.1) is 27.7 Å². The second-order valence-corrected chi connectivity index (χ2v) is 6.57. The van der Waals surface area contributed by atoms with Gasteiger partial charge in [0.25, 0.3) is 0 Å². The number of carbonyl (C=O) groups excluding carboxylic acids is 1. The summed E-state index contributed by atoms with van der Waals surface area (Å²) in [5.74, 6) is 1.89. The molecule has 0 radical (unpaired) electrons. The first-order chi connectivity index (χ1) is 11.7. The number of amides is 1. The molecule has 0 spiro atoms. The average molecular weight is 367 g/mol. The highest BCUT2D eigenvalue weighted by atomic mass is 35.5. The van der Waals surface area contributed by atoms with Crippen LogP contribution >= 0.6 is 12.4 Å². The molecule has 1 N–H and O–H groups in total. The van der Waals surface area contributed by atoms with E-state index in [0.29, 0.717) is 42.2 Å². The molecule has 2 aromatic rings. The molecule has 1 amide bonds. The molecule has 9 heteroatoms. The molecule has 3 saturated heterocycles. The molecular formula is C16H23ClN6O2. The van der Waals surface area contributed by atoms with Gasteiger partial charge in [0.1, 0.15) is 0 Å². The Morgan fingerprint density at radius 1 is 1.32 bits per heavy atom. The first-order valence-corrected chi connectivity index (χ1v) is 8.50. The van der Waals surface area contributed by atoms with Crippen molar-refractivity contribution in [3.8, 4) is 5.88 Å². The van der Waals surface area contributed by atoms with Crippen molar-refractivity contribution in [1.29, 1.82) is 0 Å². The zero-order valence-corrected chi connectivity index (χ0v) is 15.0. The fourth-order valence-electron chi connectivity index (χ4n) is 3.71. The maximum absolute atomic E-state index is 12.3. The minimum atomic E-state index is 0. The van der Waals surface area contributed by atoms with E-state index in [9.17, 15) is 4.79 Å². The molecule has 8 nitrogen and oxygen atoms in total. The summed E-state index contributed by atoms with van der Waals surface area (Å²) >= 11 is 0. The van der Waals surface area contributed by atoms with E-state index in [-0.39, 0.29) is 18.3 Å². The molecule has 0 aliphatic carbocycles. The van der Waals surface area contributed by atoms with E-state index in [1.54, 1.807) is 23.8 Å². The summed E-state index contributed by atoms with van der Waals surface area (Å²) in [5, 5.41) is 15.7. The molecule has 3 aliphatic rings. The van der Waals surface area contributed by atoms with E-state index >= 15 is 0 Å². The molecule has 3 fully saturated rings. The number of halogens is 1. The van der Waals surface area contributed by atoms with Crippen LogP contribution in [-0.4, -0.2) is 63.4 Å². The summed E-state index contributed by atoms with van der Waals surface area (Å²) in [5.41, 5.74) is 0.656. The summed E-state index contributed by atoms with van der Waals surface area (Å²) in [6.07, 6.45) is 3.30. The minimum absolute atomic E-state index is 0. The van der Waals surface area contributed by atoms with Crippen LogP contribution in [0.5, 0.6) is 5.88 Å². The average Bonchev–Trinajstić information content (AvgIpc) is 3.03. The van der Waals surface area contributed by atoms with Gasteiger partial charge in [-0.25, -0.2) is 0 Å². The Hall–Kier alpha value is -1.93. The number of rotatable bonds is 5. The van der Waals surface area contributed by atoms with E-state index in [4.69, 9.17) is 4.74 Å². The molecule has 25 heavy (non-hydrogen) atoms. The van der Waals surface area contributed by atoms with Gasteiger partial charge in [0, 0.05) is 31.5 Å². The van der Waals surface area contributed by atoms with Crippen LogP contribution in [0.4, 0.5) is 0 Å². The summed E-state index contributed by atoms with van der Waals surface area (Å²) < 4.78 is 6.77. The Morgan fingerprint density at radius 3 is 2.80 bits per heavy atom. The van der Waals surface area contributed by atoms with Crippen LogP contribution < -0.4 is 10.1 Å². The van der Waals surface area contributed by atoms with Gasteiger partial charge in [-0.1, -0.05) is 0 Å². The summed E-state index contributed by atoms with van der Waals surface area (Å²) in [7, 11) is 1.57. The zero-order valence-electron chi connectivity index (χ0n) is 14.2. The molecule has 2 aromatic heterocycles. The highest BCUT2D eigenvalue weighted by Gasteiger charge is 2.34. The number of piperidine rings is 3. The second kappa shape index (κ2) is 7.53. The summed E-state index contributed by atoms with van der Waals surface area (Å²) in [6, 6.07) is 3.84. The van der Waals surface area contributed by atoms with Crippen LogP contribution in [0.15, 0.2) is 12.1 Å². The summed E-state index contributed by atoms with van der Waals surface area (Å²) in [6.45, 7) is 3.34. The van der Waals surface area contributed by atoms with E-state index in [1.165, 1.54) is 25.9 Å². The highest BCUT2D eigenvalue weighted by molar-refractivity contribution is 5.85. The first-order valence-electron chi connectivity index (χ1n) is 8.50. The van der Waals surface area contributed by atoms with Crippen molar-refractivity contribution < 1.29 is 9.53 Å². The number of methoxy groups -OCH3 is 1. The maximum atomic E-state index is 12.3. The van der Waals surface area contributed by atoms with Crippen molar-refractivity contribution in [2.24, 2.45) is 5.92 Å². The predicted molar refractivity (Wildman–Crippen MR) is 94.0 cm³/mol. The summed E-state index contributed by atoms with van der Waals surface area (Å²) in [4.78, 5) is 14.7. The molecule has 1 atom stereocenters. The number of hydrogen-bond donors (Lipinski definition) is 1. The largest absolute Gasteiger partial charge is 0.480 e. The van der Waals surface area contributed by atoms with Gasteiger partial charge in [0.2, 0.25) is 11.8 Å². The van der Waals surface area contributed by atoms with Crippen LogP contribution in [0.3, 0.4) is 0 Å². The quantitative estimate of drug-likeness (QED) is 0.838. The van der Waals surface area contributed by atoms with E-state index < -0.39 is 0 Å². The smallest absolute Gasteiger partial charge is 0.231 e. The van der Waals surface area contributed by atoms with Crippen LogP contribution in [0.1, 0.15) is 25.1 Å². The van der Waals surface area contributed by atoms with E-state index in [1.807, 2.05) is 0 Å². The molecule has 0 aromatic carbocycles. The molecule has 2 bridgehead atoms. The van der Waals surface area contributed by atoms with Crippen molar-refractivity contribution in [1.82, 2.24) is 30.0 Å². The Labute approximate surface area is 152 Å². The Kier molecular flexibility index (Phi) is 5.39. The molecule has 1 unspecified atom stereocenters. The lowest BCUT2D eigenvalue weighted by molar-refractivity contribution is -0.123. The van der Waals surface area contributed by atoms with Crippen molar-refractivity contribution >= 4 is 24.0 Å². The predicted octanol–water partition coefficient (Wildman–Crippen LogP) is 0.698. The number of fused-ring (bicyclic) bond motifs is 4. The lowest BCUT2D eigenvalue weighted by Gasteiger charge is -2.44. The monoisotopic (exact) mass is 366 g/mol. The lowest BCUT2D eigenvalue weighted by Crippen LogP contribution is -2.57. The highest BCUT2D eigenvalue weighted by Crippen LogP contribution is 2.27. The van der Waals surface area contributed by atoms with Gasteiger partial charge < -0.3 is 15.0 Å². The van der Waals surface area contributed by atoms with Gasteiger partial charge in [-0.3, -0.25) is 4.79 Å². The first kappa shape index (κ1) is 17.9. The van der Waals surface area contributed by atoms with Crippen molar-refractivity contribution in [3.63, 3.8) is 0 Å². The number of aromatic nitrogens is 4. The van der Waals surface area contributed by atoms with E-state index in [0.717, 1.165) is 6.54 Å². The van der Waals surface area contributed by atoms with Gasteiger partial charge in [0.15, 0.2) is 11.5 Å². The molecule has 5 rings (SSSR count). The van der Waals surface area contributed by atoms with E-state index in [2.05, 4.69) is 25.5 Å². The number of hydrogen-bond acceptors (Lipinski definition) is 6. The number of carbonyl (C=O) groups is 1. The van der Waals surface area contributed by atoms with Crippen LogP contribution in [-0.2, 0) is 11.2 Å². The number of nitrogens with zero attached hydrogens (tertiary/aromatic N) is 5. The van der Waals surface area contributed by atoms with Gasteiger partial charge in [-0.2, -0.15) is 4.52 Å². The molecule has 5 heterocycles. The van der Waals surface area contributed by atoms with Crippen molar-refractivity contribution in [3.05, 3.63) is 18.0 Å². The van der Waals surface area contributed by atoms with Gasteiger partial charge in [-0.05, 0) is 37.9 Å². The SMILES string of the molecule is COc1ccc2nnc(CCC(=O)NC3CN4CCC3CC4)n2n1.Cl. The lowest BCUT2D eigenvalue weighted by atomic mass is 9.84. The third-order valence-electron chi connectivity index (χ3n) is 5.09. The number of aryl methyl sites for hydroxylation is 1. The van der Waals surface area contributed by atoms with Crippen molar-refractivity contribution in [2.45, 2.75) is 31.7 Å². The molecule has 3 aliphatic heterocycles. The molecule has 136 valence electrons. The Bertz CT molecular complexity index is 743. The molecule has 0 saturated carbocycles. The number of nitrogens with one attached hydrogen (secondary N) is 1. The van der Waals surface area contributed by atoms with Gasteiger partial charge in [0.05, 0.1) is 7.11 Å². The zero-order chi connectivity index (χ0) is 16.5. The minimum Gasteiger partial charge on any atom is -0.480 e. The standard InChI is InChI=1S/C16H22N6O2.ClH/c1-24-16-5-3-14-19-18-13(22(14)20-16)2-4-15(23)17-12-10-21-8-6-11(12)7-9-21;/h3,5,11-12H,2,4,6-10H2,1H3,(H,17,23);1H. The Balaban J connectivity index is 0.00000182. The van der Waals surface area contributed by atoms with Crippen LogP contribution in [0, 0.1) is 5.92 Å². The second-order valence-electron chi connectivity index (χ2n) is 6.57. The third kappa shape index (κ3) is 3.69. The number of ether oxygens (including phenoxy) is 1. The van der Waals surface area contributed by atoms with Crippen LogP contribution in [0.2, 0.25) is 0 Å². The maximum Gasteiger partial charge on any atom is 0.231 e. The van der Waals surface area contributed by atoms with Gasteiger partial charge >= 0.3 is 0 Å². The van der Waals surface area contributed by atoms with Crippen molar-refractivity contribution in [2.75, 3.05) is 26.7 Å². The fraction of sp³-hybridized carbons (Fsp3) is 0.625. The normalized spacial score (nSPS) is 24.8. The third-order valence-corrected chi connectivity index (χ3v) is 5.09.